The predicted molar refractivity (Wildman–Crippen MR) is 89.8 cm³/mol. The number of likely N-dealkylation sites (N-methyl/N-ethyl adjacent to an activating group) is 1. The van der Waals surface area contributed by atoms with Gasteiger partial charge >= 0.3 is 0 Å². The molecule has 1 unspecified atom stereocenters. The first-order chi connectivity index (χ1) is 10.8. The molecule has 1 heterocycles. The van der Waals surface area contributed by atoms with Crippen LogP contribution in [0.3, 0.4) is 0 Å². The van der Waals surface area contributed by atoms with Crippen molar-refractivity contribution in [2.75, 3.05) is 19.8 Å². The summed E-state index contributed by atoms with van der Waals surface area (Å²) in [6, 6.07) is 20.5. The fourth-order valence-corrected chi connectivity index (χ4v) is 3.05. The summed E-state index contributed by atoms with van der Waals surface area (Å²) in [4.78, 5) is 2.21. The molecule has 0 spiro atoms. The van der Waals surface area contributed by atoms with Gasteiger partial charge in [0.05, 0.1) is 17.9 Å². The zero-order valence-corrected chi connectivity index (χ0v) is 13.9. The van der Waals surface area contributed by atoms with Gasteiger partial charge in [0.15, 0.2) is 0 Å². The molecular weight excluding hydrogens is 314 g/mol. The molecule has 0 saturated carbocycles. The lowest BCUT2D eigenvalue weighted by Gasteiger charge is -2.55. The van der Waals surface area contributed by atoms with E-state index < -0.39 is 10.1 Å². The molecule has 0 aliphatic carbocycles. The van der Waals surface area contributed by atoms with Gasteiger partial charge in [0.1, 0.15) is 0 Å². The average molecular weight is 335 g/mol. The number of hydrogen-bond donors (Lipinski definition) is 2. The van der Waals surface area contributed by atoms with Gasteiger partial charge in [0.25, 0.3) is 10.1 Å². The molecule has 0 amide bonds. The number of aliphatic hydroxyl groups is 1. The third kappa shape index (κ3) is 3.79. The van der Waals surface area contributed by atoms with Crippen molar-refractivity contribution in [3.05, 3.63) is 71.8 Å². The molecule has 5 nitrogen and oxygen atoms in total. The molecule has 1 aliphatic rings. The maximum Gasteiger partial charge on any atom is 0.261 e. The number of nitrogens with zero attached hydrogens (tertiary/aromatic N) is 1. The van der Waals surface area contributed by atoms with E-state index in [1.807, 2.05) is 36.4 Å². The fourth-order valence-electron chi connectivity index (χ4n) is 3.05. The molecule has 2 N–H and O–H groups in total. The molecule has 6 heteroatoms. The number of rotatable bonds is 2. The SMILES string of the molecule is CN1CC(O)C1(c1ccccc1)c1ccccc1.CS(=O)(=O)O. The third-order valence-electron chi connectivity index (χ3n) is 3.96. The van der Waals surface area contributed by atoms with E-state index in [2.05, 4.69) is 36.2 Å². The second kappa shape index (κ2) is 6.80. The quantitative estimate of drug-likeness (QED) is 0.818. The highest BCUT2D eigenvalue weighted by Gasteiger charge is 2.53. The average Bonchev–Trinajstić information content (AvgIpc) is 2.48. The Morgan fingerprint density at radius 2 is 1.35 bits per heavy atom. The number of likely N-dealkylation sites (tertiary alicyclic amines) is 1. The number of hydrogen-bond acceptors (Lipinski definition) is 4. The summed E-state index contributed by atoms with van der Waals surface area (Å²) in [5.74, 6) is 0. The molecular formula is C17H21NO4S. The Kier molecular flexibility index (Phi) is 5.21. The zero-order valence-electron chi connectivity index (χ0n) is 13.1. The van der Waals surface area contributed by atoms with E-state index in [1.165, 1.54) is 0 Å². The smallest absolute Gasteiger partial charge is 0.261 e. The molecule has 1 atom stereocenters. The molecule has 1 fully saturated rings. The maximum atomic E-state index is 10.4. The summed E-state index contributed by atoms with van der Waals surface area (Å²) in [5, 5.41) is 10.4. The third-order valence-corrected chi connectivity index (χ3v) is 3.96. The van der Waals surface area contributed by atoms with Crippen LogP contribution in [0.2, 0.25) is 0 Å². The van der Waals surface area contributed by atoms with Crippen molar-refractivity contribution in [2.24, 2.45) is 0 Å². The van der Waals surface area contributed by atoms with Gasteiger partial charge in [-0.15, -0.1) is 0 Å². The van der Waals surface area contributed by atoms with Crippen LogP contribution in [0.4, 0.5) is 0 Å². The standard InChI is InChI=1S/C16H17NO.CH4O3S/c1-17-12-15(18)16(17,13-8-4-2-5-9-13)14-10-6-3-7-11-14;1-5(2,3)4/h2-11,15,18H,12H2,1H3;1H3,(H,2,3,4). The molecule has 0 aromatic heterocycles. The summed E-state index contributed by atoms with van der Waals surface area (Å²) in [7, 11) is -1.60. The van der Waals surface area contributed by atoms with Gasteiger partial charge in [0, 0.05) is 6.54 Å². The van der Waals surface area contributed by atoms with Gasteiger partial charge in [-0.25, -0.2) is 0 Å². The molecule has 2 aromatic carbocycles. The van der Waals surface area contributed by atoms with Crippen molar-refractivity contribution in [3.63, 3.8) is 0 Å². The van der Waals surface area contributed by atoms with Crippen molar-refractivity contribution >= 4 is 10.1 Å². The first-order valence-electron chi connectivity index (χ1n) is 7.19. The molecule has 2 aromatic rings. The second-order valence-electron chi connectivity index (χ2n) is 5.63. The molecule has 23 heavy (non-hydrogen) atoms. The van der Waals surface area contributed by atoms with Gasteiger partial charge in [-0.05, 0) is 18.2 Å². The fraction of sp³-hybridized carbons (Fsp3) is 0.294. The lowest BCUT2D eigenvalue weighted by Crippen LogP contribution is -2.67. The lowest BCUT2D eigenvalue weighted by molar-refractivity contribution is -0.104. The summed E-state index contributed by atoms with van der Waals surface area (Å²) < 4.78 is 25.9. The Hall–Kier alpha value is -1.73. The normalized spacial score (nSPS) is 20.1. The van der Waals surface area contributed by atoms with E-state index in [4.69, 9.17) is 4.55 Å². The van der Waals surface area contributed by atoms with Crippen LogP contribution in [0.25, 0.3) is 0 Å². The van der Waals surface area contributed by atoms with E-state index in [-0.39, 0.29) is 11.6 Å². The first kappa shape index (κ1) is 17.6. The summed E-state index contributed by atoms with van der Waals surface area (Å²) >= 11 is 0. The Morgan fingerprint density at radius 3 is 1.61 bits per heavy atom. The van der Waals surface area contributed by atoms with Crippen molar-refractivity contribution in [3.8, 4) is 0 Å². The van der Waals surface area contributed by atoms with E-state index in [1.54, 1.807) is 0 Å². The van der Waals surface area contributed by atoms with E-state index in [0.29, 0.717) is 12.8 Å². The Bertz CT molecular complexity index is 674. The Morgan fingerprint density at radius 1 is 1.00 bits per heavy atom. The largest absolute Gasteiger partial charge is 0.389 e. The summed E-state index contributed by atoms with van der Waals surface area (Å²) in [6.07, 6.45) is 0.361. The summed E-state index contributed by atoms with van der Waals surface area (Å²) in [5.41, 5.74) is 1.91. The van der Waals surface area contributed by atoms with Crippen molar-refractivity contribution < 1.29 is 18.1 Å². The van der Waals surface area contributed by atoms with Crippen LogP contribution >= 0.6 is 0 Å². The van der Waals surface area contributed by atoms with Crippen molar-refractivity contribution in [2.45, 2.75) is 11.6 Å². The van der Waals surface area contributed by atoms with Crippen LogP contribution in [0.5, 0.6) is 0 Å². The van der Waals surface area contributed by atoms with Gasteiger partial charge < -0.3 is 5.11 Å². The molecule has 3 rings (SSSR count). The van der Waals surface area contributed by atoms with Crippen molar-refractivity contribution in [1.29, 1.82) is 0 Å². The van der Waals surface area contributed by atoms with Crippen molar-refractivity contribution in [1.82, 2.24) is 4.90 Å². The van der Waals surface area contributed by atoms with Crippen LogP contribution in [0, 0.1) is 0 Å². The van der Waals surface area contributed by atoms with Crippen LogP contribution in [-0.2, 0) is 15.7 Å². The molecule has 124 valence electrons. The van der Waals surface area contributed by atoms with Gasteiger partial charge in [-0.3, -0.25) is 9.45 Å². The van der Waals surface area contributed by atoms with Crippen LogP contribution < -0.4 is 0 Å². The number of β-amino-alcohol motifs (C(OH)–C–C–N with tert-alkyl or cyclic N) is 1. The van der Waals surface area contributed by atoms with Gasteiger partial charge in [-0.2, -0.15) is 8.42 Å². The van der Waals surface area contributed by atoms with E-state index >= 15 is 0 Å². The minimum atomic E-state index is -3.67. The minimum Gasteiger partial charge on any atom is -0.389 e. The van der Waals surface area contributed by atoms with Crippen LogP contribution in [0.1, 0.15) is 11.1 Å². The van der Waals surface area contributed by atoms with Gasteiger partial charge in [-0.1, -0.05) is 60.7 Å². The maximum absolute atomic E-state index is 10.4. The van der Waals surface area contributed by atoms with Gasteiger partial charge in [0.2, 0.25) is 0 Å². The van der Waals surface area contributed by atoms with Crippen LogP contribution in [-0.4, -0.2) is 48.9 Å². The topological polar surface area (TPSA) is 77.8 Å². The Labute approximate surface area is 136 Å². The van der Waals surface area contributed by atoms with E-state index in [0.717, 1.165) is 11.1 Å². The second-order valence-corrected chi connectivity index (χ2v) is 7.09. The predicted octanol–water partition coefficient (Wildman–Crippen LogP) is 1.74. The lowest BCUT2D eigenvalue weighted by atomic mass is 9.71. The highest BCUT2D eigenvalue weighted by Crippen LogP contribution is 2.44. The highest BCUT2D eigenvalue weighted by molar-refractivity contribution is 7.85. The molecule has 1 aliphatic heterocycles. The number of benzene rings is 2. The van der Waals surface area contributed by atoms with Crippen LogP contribution in [0.15, 0.2) is 60.7 Å². The molecule has 1 saturated heterocycles. The Balaban J connectivity index is 0.000000338. The minimum absolute atomic E-state index is 0.354. The first-order valence-corrected chi connectivity index (χ1v) is 9.04. The zero-order chi connectivity index (χ0) is 17.1. The van der Waals surface area contributed by atoms with E-state index in [9.17, 15) is 13.5 Å². The molecule has 0 radical (unpaired) electrons. The molecule has 0 bridgehead atoms. The highest BCUT2D eigenvalue weighted by atomic mass is 32.2. The monoisotopic (exact) mass is 335 g/mol. The number of aliphatic hydroxyl groups excluding tert-OH is 1. The summed E-state index contributed by atoms with van der Waals surface area (Å²) in [6.45, 7) is 0.712.